The van der Waals surface area contributed by atoms with Gasteiger partial charge in [0.1, 0.15) is 6.61 Å². The number of aliphatic hydroxyl groups is 1. The third-order valence-electron chi connectivity index (χ3n) is 4.72. The largest absolute Gasteiger partial charge is 0.394 e. The first-order valence-electron chi connectivity index (χ1n) is 8.88. The van der Waals surface area contributed by atoms with Crippen LogP contribution in [0.4, 0.5) is 4.79 Å². The van der Waals surface area contributed by atoms with Gasteiger partial charge in [-0.2, -0.15) is 0 Å². The number of ether oxygens (including phenoxy) is 1. The second-order valence-corrected chi connectivity index (χ2v) is 6.97. The zero-order chi connectivity index (χ0) is 19.3. The van der Waals surface area contributed by atoms with Crippen LogP contribution in [0.1, 0.15) is 25.3 Å². The molecule has 1 heterocycles. The zero-order valence-corrected chi connectivity index (χ0v) is 15.9. The molecule has 1 fully saturated rings. The third kappa shape index (κ3) is 4.34. The highest BCUT2D eigenvalue weighted by atomic mass is 16.5. The number of hydrogen-bond donors (Lipinski definition) is 2. The maximum Gasteiger partial charge on any atom is 0.318 e. The molecule has 1 saturated heterocycles. The molecule has 0 unspecified atom stereocenters. The van der Waals surface area contributed by atoms with Crippen LogP contribution in [0.2, 0.25) is 0 Å². The van der Waals surface area contributed by atoms with Gasteiger partial charge in [0.05, 0.1) is 18.7 Å². The SMILES string of the molecule is COCC(=O)N(C)C[C@H]1[C@H](c2ccccc2)[C@@H](CO)N1C(=O)NC(C)C. The summed E-state index contributed by atoms with van der Waals surface area (Å²) >= 11 is 0. The van der Waals surface area contributed by atoms with Crippen molar-refractivity contribution in [3.63, 3.8) is 0 Å². The molecule has 1 aromatic rings. The number of benzene rings is 1. The lowest BCUT2D eigenvalue weighted by molar-refractivity contribution is -0.136. The van der Waals surface area contributed by atoms with Crippen LogP contribution < -0.4 is 5.32 Å². The molecule has 26 heavy (non-hydrogen) atoms. The van der Waals surface area contributed by atoms with Crippen molar-refractivity contribution in [1.82, 2.24) is 15.1 Å². The number of likely N-dealkylation sites (tertiary alicyclic amines) is 1. The second kappa shape index (κ2) is 9.00. The van der Waals surface area contributed by atoms with Gasteiger partial charge in [-0.05, 0) is 19.4 Å². The van der Waals surface area contributed by atoms with Gasteiger partial charge >= 0.3 is 6.03 Å². The van der Waals surface area contributed by atoms with Crippen LogP contribution in [0.15, 0.2) is 30.3 Å². The van der Waals surface area contributed by atoms with Gasteiger partial charge in [0.25, 0.3) is 0 Å². The fourth-order valence-corrected chi connectivity index (χ4v) is 3.51. The van der Waals surface area contributed by atoms with Crippen molar-refractivity contribution >= 4 is 11.9 Å². The summed E-state index contributed by atoms with van der Waals surface area (Å²) in [4.78, 5) is 28.0. The summed E-state index contributed by atoms with van der Waals surface area (Å²) in [5.41, 5.74) is 1.05. The van der Waals surface area contributed by atoms with E-state index in [1.54, 1.807) is 16.8 Å². The molecule has 0 radical (unpaired) electrons. The number of rotatable bonds is 7. The summed E-state index contributed by atoms with van der Waals surface area (Å²) in [6.45, 7) is 4.04. The number of amides is 3. The molecule has 0 aliphatic carbocycles. The van der Waals surface area contributed by atoms with E-state index in [1.807, 2.05) is 44.2 Å². The van der Waals surface area contributed by atoms with Gasteiger partial charge in [0.15, 0.2) is 0 Å². The number of hydrogen-bond acceptors (Lipinski definition) is 4. The third-order valence-corrected chi connectivity index (χ3v) is 4.72. The molecular formula is C19H29N3O4. The van der Waals surface area contributed by atoms with Crippen molar-refractivity contribution < 1.29 is 19.4 Å². The van der Waals surface area contributed by atoms with Gasteiger partial charge < -0.3 is 25.0 Å². The molecule has 1 aromatic carbocycles. The average molecular weight is 363 g/mol. The van der Waals surface area contributed by atoms with Crippen LogP contribution in [-0.2, 0) is 9.53 Å². The first-order chi connectivity index (χ1) is 12.4. The van der Waals surface area contributed by atoms with Gasteiger partial charge in [0, 0.05) is 32.7 Å². The van der Waals surface area contributed by atoms with E-state index in [4.69, 9.17) is 4.74 Å². The molecule has 0 spiro atoms. The minimum atomic E-state index is -0.313. The highest BCUT2D eigenvalue weighted by Gasteiger charge is 2.51. The molecule has 144 valence electrons. The summed E-state index contributed by atoms with van der Waals surface area (Å²) in [5.74, 6) is -0.173. The Hall–Kier alpha value is -2.12. The quantitative estimate of drug-likeness (QED) is 0.758. The average Bonchev–Trinajstić information content (AvgIpc) is 2.58. The van der Waals surface area contributed by atoms with Crippen molar-refractivity contribution in [1.29, 1.82) is 0 Å². The Labute approximate surface area is 154 Å². The molecule has 7 nitrogen and oxygen atoms in total. The van der Waals surface area contributed by atoms with Gasteiger partial charge in [0.2, 0.25) is 5.91 Å². The summed E-state index contributed by atoms with van der Waals surface area (Å²) in [7, 11) is 3.18. The van der Waals surface area contributed by atoms with E-state index >= 15 is 0 Å². The lowest BCUT2D eigenvalue weighted by atomic mass is 9.75. The van der Waals surface area contributed by atoms with E-state index < -0.39 is 0 Å². The molecule has 0 aromatic heterocycles. The number of nitrogens with one attached hydrogen (secondary N) is 1. The van der Waals surface area contributed by atoms with Crippen LogP contribution >= 0.6 is 0 Å². The molecule has 3 atom stereocenters. The number of nitrogens with zero attached hydrogens (tertiary/aromatic N) is 2. The van der Waals surface area contributed by atoms with Crippen LogP contribution in [0.5, 0.6) is 0 Å². The molecule has 1 aliphatic heterocycles. The summed E-state index contributed by atoms with van der Waals surface area (Å²) in [5, 5.41) is 12.8. The molecule has 3 amide bonds. The minimum Gasteiger partial charge on any atom is -0.394 e. The standard InChI is InChI=1S/C19H29N3O4/c1-13(2)20-19(25)22-15(10-21(3)17(24)12-26-4)18(16(22)11-23)14-8-6-5-7-9-14/h5-9,13,15-16,18,23H,10-12H2,1-4H3,(H,20,25)/t15-,16+,18-/m0/s1. The molecule has 0 saturated carbocycles. The van der Waals surface area contributed by atoms with E-state index in [1.165, 1.54) is 7.11 Å². The lowest BCUT2D eigenvalue weighted by Crippen LogP contribution is -2.70. The molecule has 0 bridgehead atoms. The fourth-order valence-electron chi connectivity index (χ4n) is 3.51. The number of urea groups is 1. The molecule has 2 N–H and O–H groups in total. The van der Waals surface area contributed by atoms with Crippen LogP contribution in [-0.4, -0.2) is 78.9 Å². The van der Waals surface area contributed by atoms with Crippen molar-refractivity contribution in [2.75, 3.05) is 33.9 Å². The number of likely N-dealkylation sites (N-methyl/N-ethyl adjacent to an activating group) is 1. The Kier molecular flexibility index (Phi) is 6.99. The van der Waals surface area contributed by atoms with Gasteiger partial charge in [-0.3, -0.25) is 4.79 Å². The Morgan fingerprint density at radius 3 is 2.46 bits per heavy atom. The number of aliphatic hydroxyl groups excluding tert-OH is 1. The second-order valence-electron chi connectivity index (χ2n) is 6.97. The van der Waals surface area contributed by atoms with E-state index in [0.29, 0.717) is 6.54 Å². The number of carbonyl (C=O) groups is 2. The van der Waals surface area contributed by atoms with E-state index in [0.717, 1.165) is 5.56 Å². The Morgan fingerprint density at radius 2 is 1.92 bits per heavy atom. The topological polar surface area (TPSA) is 82.1 Å². The van der Waals surface area contributed by atoms with Crippen LogP contribution in [0, 0.1) is 0 Å². The first kappa shape index (κ1) is 20.2. The number of carbonyl (C=O) groups excluding carboxylic acids is 2. The normalized spacial score (nSPS) is 22.1. The molecule has 7 heteroatoms. The Bertz CT molecular complexity index is 608. The van der Waals surface area contributed by atoms with Crippen molar-refractivity contribution in [3.05, 3.63) is 35.9 Å². The lowest BCUT2D eigenvalue weighted by Gasteiger charge is -2.55. The van der Waals surface area contributed by atoms with Crippen LogP contribution in [0.25, 0.3) is 0 Å². The first-order valence-corrected chi connectivity index (χ1v) is 8.88. The monoisotopic (exact) mass is 363 g/mol. The van der Waals surface area contributed by atoms with Gasteiger partial charge in [-0.1, -0.05) is 30.3 Å². The Balaban J connectivity index is 2.25. The van der Waals surface area contributed by atoms with E-state index in [2.05, 4.69) is 5.32 Å². The highest BCUT2D eigenvalue weighted by Crippen LogP contribution is 2.41. The number of methoxy groups -OCH3 is 1. The molecule has 2 rings (SSSR count). The maximum absolute atomic E-state index is 12.6. The van der Waals surface area contributed by atoms with E-state index in [9.17, 15) is 14.7 Å². The predicted molar refractivity (Wildman–Crippen MR) is 98.9 cm³/mol. The van der Waals surface area contributed by atoms with Gasteiger partial charge in [-0.15, -0.1) is 0 Å². The van der Waals surface area contributed by atoms with Crippen molar-refractivity contribution in [2.24, 2.45) is 0 Å². The fraction of sp³-hybridized carbons (Fsp3) is 0.579. The minimum absolute atomic E-state index is 0.000836. The zero-order valence-electron chi connectivity index (χ0n) is 15.9. The van der Waals surface area contributed by atoms with Crippen molar-refractivity contribution in [2.45, 2.75) is 37.9 Å². The van der Waals surface area contributed by atoms with Crippen LogP contribution in [0.3, 0.4) is 0 Å². The predicted octanol–water partition coefficient (Wildman–Crippen LogP) is 1.04. The van der Waals surface area contributed by atoms with Gasteiger partial charge in [-0.25, -0.2) is 4.79 Å². The van der Waals surface area contributed by atoms with E-state index in [-0.39, 0.29) is 49.2 Å². The Morgan fingerprint density at radius 1 is 1.27 bits per heavy atom. The molecule has 1 aliphatic rings. The summed E-state index contributed by atoms with van der Waals surface area (Å²) in [6, 6.07) is 9.06. The maximum atomic E-state index is 12.6. The highest BCUT2D eigenvalue weighted by molar-refractivity contribution is 5.79. The smallest absolute Gasteiger partial charge is 0.318 e. The molecular weight excluding hydrogens is 334 g/mol. The summed E-state index contributed by atoms with van der Waals surface area (Å²) < 4.78 is 4.91. The van der Waals surface area contributed by atoms with Crippen molar-refractivity contribution in [3.8, 4) is 0 Å². The summed E-state index contributed by atoms with van der Waals surface area (Å²) in [6.07, 6.45) is 0.